The lowest BCUT2D eigenvalue weighted by atomic mass is 10.2. The molecule has 0 N–H and O–H groups in total. The number of hydrogen-bond donors (Lipinski definition) is 0. The molecule has 0 atom stereocenters. The van der Waals surface area contributed by atoms with Crippen LogP contribution in [0.25, 0.3) is 16.6 Å². The molecule has 1 heterocycles. The maximum atomic E-state index is 13.8. The maximum absolute atomic E-state index is 13.8. The van der Waals surface area contributed by atoms with Crippen molar-refractivity contribution in [2.45, 2.75) is 10.9 Å². The van der Waals surface area contributed by atoms with Gasteiger partial charge >= 0.3 is 0 Å². The number of hydrogen-bond acceptors (Lipinski definition) is 4. The number of fused-ring (bicyclic) bond motifs is 1. The summed E-state index contributed by atoms with van der Waals surface area (Å²) in [6.07, 6.45) is 0. The van der Waals surface area contributed by atoms with Crippen molar-refractivity contribution >= 4 is 22.7 Å². The van der Waals surface area contributed by atoms with Crippen LogP contribution in [0.4, 0.5) is 4.39 Å². The van der Waals surface area contributed by atoms with Crippen LogP contribution in [0.5, 0.6) is 0 Å². The van der Waals surface area contributed by atoms with Crippen LogP contribution in [0.15, 0.2) is 82.7 Å². The monoisotopic (exact) mass is 387 g/mol. The van der Waals surface area contributed by atoms with Crippen molar-refractivity contribution in [1.29, 1.82) is 5.26 Å². The minimum absolute atomic E-state index is 0.246. The molecule has 4 rings (SSSR count). The van der Waals surface area contributed by atoms with E-state index in [1.165, 1.54) is 28.5 Å². The van der Waals surface area contributed by atoms with Gasteiger partial charge < -0.3 is 0 Å². The third-order valence-corrected chi connectivity index (χ3v) is 5.25. The van der Waals surface area contributed by atoms with Crippen LogP contribution >= 0.6 is 11.8 Å². The highest BCUT2D eigenvalue weighted by molar-refractivity contribution is 7.98. The summed E-state index contributed by atoms with van der Waals surface area (Å²) in [6.45, 7) is 0. The number of thioether (sulfide) groups is 1. The summed E-state index contributed by atoms with van der Waals surface area (Å²) >= 11 is 1.37. The molecule has 0 spiro atoms. The van der Waals surface area contributed by atoms with Crippen molar-refractivity contribution in [3.8, 4) is 11.8 Å². The van der Waals surface area contributed by atoms with E-state index in [-0.39, 0.29) is 5.56 Å². The van der Waals surface area contributed by atoms with Crippen molar-refractivity contribution in [1.82, 2.24) is 9.55 Å². The summed E-state index contributed by atoms with van der Waals surface area (Å²) in [6, 6.07) is 22.4. The second kappa shape index (κ2) is 7.67. The normalized spacial score (nSPS) is 10.7. The van der Waals surface area contributed by atoms with Crippen LogP contribution in [0.3, 0.4) is 0 Å². The molecule has 0 radical (unpaired) electrons. The number of halogens is 1. The molecule has 0 bridgehead atoms. The third kappa shape index (κ3) is 3.53. The van der Waals surface area contributed by atoms with Crippen molar-refractivity contribution < 1.29 is 4.39 Å². The minimum atomic E-state index is -0.421. The van der Waals surface area contributed by atoms with E-state index in [4.69, 9.17) is 5.26 Å². The molecule has 0 aliphatic rings. The molecule has 28 heavy (non-hydrogen) atoms. The molecule has 0 unspecified atom stereocenters. The number of para-hydroxylation sites is 1. The summed E-state index contributed by atoms with van der Waals surface area (Å²) in [4.78, 5) is 17.8. The second-order valence-corrected chi connectivity index (χ2v) is 7.08. The van der Waals surface area contributed by atoms with Crippen LogP contribution in [-0.2, 0) is 5.75 Å². The van der Waals surface area contributed by atoms with Gasteiger partial charge in [-0.15, -0.1) is 0 Å². The van der Waals surface area contributed by atoms with E-state index in [1.807, 2.05) is 18.2 Å². The van der Waals surface area contributed by atoms with Crippen molar-refractivity contribution in [2.24, 2.45) is 0 Å². The van der Waals surface area contributed by atoms with Gasteiger partial charge in [-0.1, -0.05) is 42.1 Å². The van der Waals surface area contributed by atoms with Gasteiger partial charge in [0, 0.05) is 5.75 Å². The number of nitrogens with zero attached hydrogens (tertiary/aromatic N) is 3. The molecule has 0 amide bonds. The molecule has 6 heteroatoms. The molecule has 3 aromatic carbocycles. The minimum Gasteiger partial charge on any atom is -0.268 e. The fourth-order valence-corrected chi connectivity index (χ4v) is 3.89. The average molecular weight is 387 g/mol. The summed E-state index contributed by atoms with van der Waals surface area (Å²) in [7, 11) is 0. The van der Waals surface area contributed by atoms with Crippen LogP contribution in [0.1, 0.15) is 11.1 Å². The van der Waals surface area contributed by atoms with E-state index in [9.17, 15) is 9.18 Å². The second-order valence-electron chi connectivity index (χ2n) is 6.13. The number of aromatic nitrogens is 2. The highest BCUT2D eigenvalue weighted by atomic mass is 32.2. The Morgan fingerprint density at radius 2 is 1.86 bits per heavy atom. The SMILES string of the molecule is N#Cc1cccc(CSc2nc3ccccc3c(=O)n2-c2cccc(F)c2)c1. The van der Waals surface area contributed by atoms with Gasteiger partial charge in [0.25, 0.3) is 5.56 Å². The van der Waals surface area contributed by atoms with E-state index < -0.39 is 5.82 Å². The smallest absolute Gasteiger partial charge is 0.266 e. The van der Waals surface area contributed by atoms with Gasteiger partial charge in [0.15, 0.2) is 5.16 Å². The largest absolute Gasteiger partial charge is 0.268 e. The first kappa shape index (κ1) is 18.0. The van der Waals surface area contributed by atoms with Gasteiger partial charge in [-0.2, -0.15) is 5.26 Å². The van der Waals surface area contributed by atoms with Gasteiger partial charge in [0.05, 0.1) is 28.2 Å². The number of rotatable bonds is 4. The Bertz CT molecular complexity index is 1280. The van der Waals surface area contributed by atoms with Crippen molar-refractivity contribution in [3.05, 3.63) is 100 Å². The zero-order valence-corrected chi connectivity index (χ0v) is 15.5. The Balaban J connectivity index is 1.83. The van der Waals surface area contributed by atoms with Gasteiger partial charge in [0.2, 0.25) is 0 Å². The molecule has 136 valence electrons. The molecule has 4 nitrogen and oxygen atoms in total. The first-order chi connectivity index (χ1) is 13.7. The average Bonchev–Trinajstić information content (AvgIpc) is 2.72. The quantitative estimate of drug-likeness (QED) is 0.377. The summed E-state index contributed by atoms with van der Waals surface area (Å²) in [5.74, 6) is 0.102. The molecule has 0 aliphatic carbocycles. The molecule has 0 saturated heterocycles. The molecule has 4 aromatic rings. The lowest BCUT2D eigenvalue weighted by Gasteiger charge is -2.13. The Labute approximate surface area is 164 Å². The zero-order valence-electron chi connectivity index (χ0n) is 14.7. The number of benzene rings is 3. The highest BCUT2D eigenvalue weighted by Gasteiger charge is 2.14. The Morgan fingerprint density at radius 3 is 2.68 bits per heavy atom. The number of nitriles is 1. The lowest BCUT2D eigenvalue weighted by molar-refractivity contribution is 0.625. The summed E-state index contributed by atoms with van der Waals surface area (Å²) in [5.41, 5.74) is 2.29. The summed E-state index contributed by atoms with van der Waals surface area (Å²) < 4.78 is 15.2. The molecule has 1 aromatic heterocycles. The van der Waals surface area contributed by atoms with E-state index in [1.54, 1.807) is 42.5 Å². The molecule has 0 saturated carbocycles. The van der Waals surface area contributed by atoms with E-state index in [2.05, 4.69) is 11.1 Å². The predicted octanol–water partition coefficient (Wildman–Crippen LogP) is 4.69. The summed E-state index contributed by atoms with van der Waals surface area (Å²) in [5, 5.41) is 10.0. The maximum Gasteiger partial charge on any atom is 0.266 e. The highest BCUT2D eigenvalue weighted by Crippen LogP contribution is 2.25. The molecule has 0 aliphatic heterocycles. The first-order valence-corrected chi connectivity index (χ1v) is 9.54. The van der Waals surface area contributed by atoms with Crippen molar-refractivity contribution in [2.75, 3.05) is 0 Å². The zero-order chi connectivity index (χ0) is 19.5. The van der Waals surface area contributed by atoms with Gasteiger partial charge in [-0.25, -0.2) is 9.37 Å². The van der Waals surface area contributed by atoms with Gasteiger partial charge in [-0.3, -0.25) is 9.36 Å². The van der Waals surface area contributed by atoms with Crippen LogP contribution in [0.2, 0.25) is 0 Å². The van der Waals surface area contributed by atoms with E-state index in [0.717, 1.165) is 5.56 Å². The lowest BCUT2D eigenvalue weighted by Crippen LogP contribution is -2.21. The molecular weight excluding hydrogens is 373 g/mol. The van der Waals surface area contributed by atoms with Crippen LogP contribution < -0.4 is 5.56 Å². The van der Waals surface area contributed by atoms with Crippen LogP contribution in [0, 0.1) is 17.1 Å². The Morgan fingerprint density at radius 1 is 1.04 bits per heavy atom. The van der Waals surface area contributed by atoms with Crippen LogP contribution in [-0.4, -0.2) is 9.55 Å². The van der Waals surface area contributed by atoms with Crippen molar-refractivity contribution in [3.63, 3.8) is 0 Å². The van der Waals surface area contributed by atoms with E-state index in [0.29, 0.717) is 33.1 Å². The van der Waals surface area contributed by atoms with E-state index >= 15 is 0 Å². The van der Waals surface area contributed by atoms with Gasteiger partial charge in [0.1, 0.15) is 5.82 Å². The standard InChI is InChI=1S/C22H14FN3OS/c23-17-7-4-8-18(12-17)26-21(27)19-9-1-2-10-20(19)25-22(26)28-14-16-6-3-5-15(11-16)13-24/h1-12H,14H2. The fourth-order valence-electron chi connectivity index (χ4n) is 2.93. The van der Waals surface area contributed by atoms with Gasteiger partial charge in [-0.05, 0) is 48.0 Å². The molecule has 0 fully saturated rings. The first-order valence-electron chi connectivity index (χ1n) is 8.55. The Kier molecular flexibility index (Phi) is 4.92. The predicted molar refractivity (Wildman–Crippen MR) is 108 cm³/mol. The Hall–Kier alpha value is -3.43. The third-order valence-electron chi connectivity index (χ3n) is 4.24. The fraction of sp³-hybridized carbons (Fsp3) is 0.0455. The topological polar surface area (TPSA) is 58.7 Å². The molecular formula is C22H14FN3OS.